The number of ketones is 1. The van der Waals surface area contributed by atoms with E-state index >= 15 is 0 Å². The van der Waals surface area contributed by atoms with Crippen LogP contribution >= 0.6 is 0 Å². The summed E-state index contributed by atoms with van der Waals surface area (Å²) in [5, 5.41) is 4.37. The Hall–Kier alpha value is -2.50. The minimum Gasteiger partial charge on any atom is -0.458 e. The van der Waals surface area contributed by atoms with Crippen LogP contribution in [-0.2, 0) is 11.2 Å². The number of hydrogen-bond donors (Lipinski definition) is 0. The molecule has 6 heteroatoms. The monoisotopic (exact) mass is 312 g/mol. The summed E-state index contributed by atoms with van der Waals surface area (Å²) in [6.07, 6.45) is 0.262. The van der Waals surface area contributed by atoms with E-state index in [-0.39, 0.29) is 12.2 Å². The second-order valence-corrected chi connectivity index (χ2v) is 6.76. The normalized spacial score (nSPS) is 12.0. The molecule has 3 rings (SSSR count). The number of fused-ring (bicyclic) bond motifs is 1. The van der Waals surface area contributed by atoms with Gasteiger partial charge >= 0.3 is 0 Å². The number of carbonyl (C=O) groups excluding carboxylic acids is 1. The number of Topliss-reactive ketones (excluding diaryl/α,β-unsaturated/α-hetero) is 1. The first kappa shape index (κ1) is 15.4. The first-order valence-corrected chi connectivity index (χ1v) is 7.57. The zero-order valence-corrected chi connectivity index (χ0v) is 14.0. The highest BCUT2D eigenvalue weighted by atomic mass is 16.3. The molecule has 0 amide bonds. The largest absolute Gasteiger partial charge is 0.458 e. The highest BCUT2D eigenvalue weighted by molar-refractivity contribution is 5.85. The van der Waals surface area contributed by atoms with Gasteiger partial charge < -0.3 is 4.42 Å². The van der Waals surface area contributed by atoms with Gasteiger partial charge in [-0.1, -0.05) is 20.8 Å². The molecule has 0 spiro atoms. The van der Waals surface area contributed by atoms with Gasteiger partial charge in [-0.05, 0) is 26.0 Å². The van der Waals surface area contributed by atoms with Crippen LogP contribution in [0.25, 0.3) is 17.2 Å². The van der Waals surface area contributed by atoms with Crippen LogP contribution < -0.4 is 0 Å². The molecule has 0 bridgehead atoms. The van der Waals surface area contributed by atoms with Crippen molar-refractivity contribution in [3.8, 4) is 11.6 Å². The average Bonchev–Trinajstić information content (AvgIpc) is 3.01. The molecule has 3 aromatic rings. The lowest BCUT2D eigenvalue weighted by molar-refractivity contribution is -0.125. The van der Waals surface area contributed by atoms with Crippen molar-refractivity contribution in [3.63, 3.8) is 0 Å². The molecule has 3 aromatic heterocycles. The smallest absolute Gasteiger partial charge is 0.199 e. The van der Waals surface area contributed by atoms with Crippen molar-refractivity contribution in [2.24, 2.45) is 5.41 Å². The summed E-state index contributed by atoms with van der Waals surface area (Å²) in [5.74, 6) is 2.75. The van der Waals surface area contributed by atoms with Gasteiger partial charge in [-0.3, -0.25) is 4.79 Å². The number of hydrogen-bond acceptors (Lipinski definition) is 5. The zero-order chi connectivity index (χ0) is 16.8. The maximum absolute atomic E-state index is 12.3. The van der Waals surface area contributed by atoms with E-state index in [0.29, 0.717) is 28.8 Å². The Bertz CT molecular complexity index is 884. The highest BCUT2D eigenvalue weighted by Crippen LogP contribution is 2.23. The number of furan rings is 1. The number of carbonyl (C=O) groups is 1. The van der Waals surface area contributed by atoms with Gasteiger partial charge in [0.2, 0.25) is 0 Å². The molecule has 0 saturated carbocycles. The predicted molar refractivity (Wildman–Crippen MR) is 86.1 cm³/mol. The van der Waals surface area contributed by atoms with Crippen LogP contribution in [0.5, 0.6) is 0 Å². The number of nitrogens with zero attached hydrogens (tertiary/aromatic N) is 4. The van der Waals surface area contributed by atoms with Crippen molar-refractivity contribution in [1.82, 2.24) is 19.6 Å². The van der Waals surface area contributed by atoms with Crippen LogP contribution in [0.15, 0.2) is 22.6 Å². The van der Waals surface area contributed by atoms with Crippen molar-refractivity contribution in [2.45, 2.75) is 41.0 Å². The molecule has 0 unspecified atom stereocenters. The fourth-order valence-electron chi connectivity index (χ4n) is 2.28. The van der Waals surface area contributed by atoms with Crippen LogP contribution in [0.1, 0.15) is 38.0 Å². The topological polar surface area (TPSA) is 73.3 Å². The van der Waals surface area contributed by atoms with E-state index in [9.17, 15) is 4.79 Å². The van der Waals surface area contributed by atoms with Crippen molar-refractivity contribution in [3.05, 3.63) is 35.5 Å². The quantitative estimate of drug-likeness (QED) is 0.742. The second-order valence-electron chi connectivity index (χ2n) is 6.76. The van der Waals surface area contributed by atoms with Crippen LogP contribution in [-0.4, -0.2) is 25.4 Å². The highest BCUT2D eigenvalue weighted by Gasteiger charge is 2.23. The van der Waals surface area contributed by atoms with Crippen LogP contribution in [0, 0.1) is 19.3 Å². The average molecular weight is 312 g/mol. The molecule has 0 aliphatic heterocycles. The maximum Gasteiger partial charge on any atom is 0.199 e. The summed E-state index contributed by atoms with van der Waals surface area (Å²) in [4.78, 5) is 21.3. The van der Waals surface area contributed by atoms with Crippen LogP contribution in [0.3, 0.4) is 0 Å². The molecule has 23 heavy (non-hydrogen) atoms. The van der Waals surface area contributed by atoms with Crippen molar-refractivity contribution >= 4 is 11.4 Å². The lowest BCUT2D eigenvalue weighted by Gasteiger charge is -2.16. The SMILES string of the molecule is Cc1nc2cc(CC(=O)C(C)(C)C)nc(-c3ccc(C)o3)n2n1. The standard InChI is InChI=1S/C17H20N4O2/c1-10-6-7-13(23-10)16-19-12(8-14(22)17(3,4)5)9-15-18-11(2)20-21(15)16/h6-7,9H,8H2,1-5H3. The third kappa shape index (κ3) is 3.02. The Balaban J connectivity index is 2.12. The predicted octanol–water partition coefficient (Wildman–Crippen LogP) is 3.16. The van der Waals surface area contributed by atoms with E-state index in [0.717, 1.165) is 5.76 Å². The third-order valence-electron chi connectivity index (χ3n) is 3.62. The Morgan fingerprint density at radius 1 is 1.22 bits per heavy atom. The molecule has 0 aromatic carbocycles. The van der Waals surface area contributed by atoms with E-state index in [2.05, 4.69) is 15.1 Å². The van der Waals surface area contributed by atoms with Crippen LogP contribution in [0.4, 0.5) is 0 Å². The number of aromatic nitrogens is 4. The molecule has 0 atom stereocenters. The van der Waals surface area contributed by atoms with E-state index in [1.165, 1.54) is 0 Å². The fourth-order valence-corrected chi connectivity index (χ4v) is 2.28. The first-order chi connectivity index (χ1) is 10.7. The molecule has 120 valence electrons. The molecule has 3 heterocycles. The van der Waals surface area contributed by atoms with Gasteiger partial charge in [-0.15, -0.1) is 5.10 Å². The van der Waals surface area contributed by atoms with Gasteiger partial charge in [0, 0.05) is 17.9 Å². The van der Waals surface area contributed by atoms with E-state index < -0.39 is 5.41 Å². The van der Waals surface area contributed by atoms with Crippen molar-refractivity contribution in [2.75, 3.05) is 0 Å². The van der Waals surface area contributed by atoms with Gasteiger partial charge in [0.05, 0.1) is 5.69 Å². The zero-order valence-electron chi connectivity index (χ0n) is 14.0. The molecule has 6 nitrogen and oxygen atoms in total. The second kappa shape index (κ2) is 5.30. The molecule has 0 N–H and O–H groups in total. The van der Waals surface area contributed by atoms with Crippen molar-refractivity contribution in [1.29, 1.82) is 0 Å². The number of aryl methyl sites for hydroxylation is 2. The summed E-state index contributed by atoms with van der Waals surface area (Å²) >= 11 is 0. The molecule has 0 fully saturated rings. The Morgan fingerprint density at radius 2 is 1.96 bits per heavy atom. The van der Waals surface area contributed by atoms with E-state index in [1.807, 2.05) is 52.8 Å². The summed E-state index contributed by atoms with van der Waals surface area (Å²) in [6.45, 7) is 9.42. The Kier molecular flexibility index (Phi) is 3.55. The molecule has 0 radical (unpaired) electrons. The molecular formula is C17H20N4O2. The fraction of sp³-hybridized carbons (Fsp3) is 0.412. The summed E-state index contributed by atoms with van der Waals surface area (Å²) in [5.41, 5.74) is 0.936. The first-order valence-electron chi connectivity index (χ1n) is 7.57. The molecular weight excluding hydrogens is 292 g/mol. The van der Waals surface area contributed by atoms with Gasteiger partial charge in [0.15, 0.2) is 17.2 Å². The van der Waals surface area contributed by atoms with E-state index in [1.54, 1.807) is 4.52 Å². The number of rotatable bonds is 3. The van der Waals surface area contributed by atoms with Gasteiger partial charge in [0.25, 0.3) is 0 Å². The van der Waals surface area contributed by atoms with Gasteiger partial charge in [-0.25, -0.2) is 9.97 Å². The Morgan fingerprint density at radius 3 is 2.57 bits per heavy atom. The third-order valence-corrected chi connectivity index (χ3v) is 3.62. The maximum atomic E-state index is 12.3. The van der Waals surface area contributed by atoms with Gasteiger partial charge in [-0.2, -0.15) is 4.52 Å². The summed E-state index contributed by atoms with van der Waals surface area (Å²) in [6, 6.07) is 5.53. The molecule has 0 aliphatic carbocycles. The minimum absolute atomic E-state index is 0.132. The van der Waals surface area contributed by atoms with Gasteiger partial charge in [0.1, 0.15) is 17.4 Å². The molecule has 0 aliphatic rings. The Labute approximate surface area is 134 Å². The van der Waals surface area contributed by atoms with Crippen LogP contribution in [0.2, 0.25) is 0 Å². The minimum atomic E-state index is -0.404. The summed E-state index contributed by atoms with van der Waals surface area (Å²) in [7, 11) is 0. The van der Waals surface area contributed by atoms with Crippen molar-refractivity contribution < 1.29 is 9.21 Å². The summed E-state index contributed by atoms with van der Waals surface area (Å²) < 4.78 is 7.33. The lowest BCUT2D eigenvalue weighted by atomic mass is 9.88. The lowest BCUT2D eigenvalue weighted by Crippen LogP contribution is -2.22. The molecule has 0 saturated heterocycles. The van der Waals surface area contributed by atoms with E-state index in [4.69, 9.17) is 4.42 Å².